The maximum Gasteiger partial charge on any atom is 0.338 e. The molecule has 4 rings (SSSR count). The lowest BCUT2D eigenvalue weighted by atomic mass is 9.91. The number of aliphatic imine (C=N–C) groups is 1. The topological polar surface area (TPSA) is 110 Å². The zero-order valence-corrected chi connectivity index (χ0v) is 20.6. The first-order chi connectivity index (χ1) is 17.0. The highest BCUT2D eigenvalue weighted by Gasteiger charge is 2.44. The first-order valence-electron chi connectivity index (χ1n) is 11.4. The highest BCUT2D eigenvalue weighted by molar-refractivity contribution is 8.17. The predicted molar refractivity (Wildman–Crippen MR) is 135 cm³/mol. The third-order valence-electron chi connectivity index (χ3n) is 5.41. The third kappa shape index (κ3) is 4.57. The van der Waals surface area contributed by atoms with Crippen LogP contribution in [-0.2, 0) is 9.53 Å². The van der Waals surface area contributed by atoms with Gasteiger partial charge in [-0.3, -0.25) is 4.90 Å². The van der Waals surface area contributed by atoms with E-state index in [0.29, 0.717) is 46.1 Å². The molecule has 2 heterocycles. The molecule has 180 valence electrons. The maximum atomic E-state index is 13.4. The summed E-state index contributed by atoms with van der Waals surface area (Å²) in [5, 5.41) is 10.2. The van der Waals surface area contributed by atoms with Crippen molar-refractivity contribution in [2.24, 2.45) is 10.7 Å². The molecule has 0 aromatic heterocycles. The minimum Gasteiger partial charge on any atom is -0.490 e. The summed E-state index contributed by atoms with van der Waals surface area (Å²) in [7, 11) is 0. The molecule has 35 heavy (non-hydrogen) atoms. The molecule has 2 aliphatic heterocycles. The Kier molecular flexibility index (Phi) is 7.32. The van der Waals surface area contributed by atoms with Crippen molar-refractivity contribution in [3.63, 3.8) is 0 Å². The molecule has 1 atom stereocenters. The third-order valence-corrected chi connectivity index (χ3v) is 6.39. The van der Waals surface area contributed by atoms with E-state index in [9.17, 15) is 10.1 Å². The van der Waals surface area contributed by atoms with Gasteiger partial charge >= 0.3 is 5.97 Å². The van der Waals surface area contributed by atoms with Crippen molar-refractivity contribution in [2.75, 3.05) is 19.8 Å². The van der Waals surface area contributed by atoms with Gasteiger partial charge in [0.25, 0.3) is 0 Å². The Bertz CT molecular complexity index is 1260. The Hall–Kier alpha value is -3.90. The van der Waals surface area contributed by atoms with Gasteiger partial charge in [-0.15, -0.1) is 0 Å². The van der Waals surface area contributed by atoms with Gasteiger partial charge in [-0.25, -0.2) is 9.79 Å². The number of thioether (sulfide) groups is 1. The lowest BCUT2D eigenvalue weighted by Crippen LogP contribution is -2.38. The number of nitriles is 1. The zero-order valence-electron chi connectivity index (χ0n) is 19.8. The van der Waals surface area contributed by atoms with Crippen LogP contribution in [0.4, 0.5) is 0 Å². The Balaban J connectivity index is 1.98. The van der Waals surface area contributed by atoms with E-state index in [1.165, 1.54) is 11.8 Å². The molecule has 0 unspecified atom stereocenters. The van der Waals surface area contributed by atoms with Gasteiger partial charge in [0.1, 0.15) is 16.8 Å². The second kappa shape index (κ2) is 10.6. The second-order valence-electron chi connectivity index (χ2n) is 7.52. The van der Waals surface area contributed by atoms with Crippen LogP contribution in [0.5, 0.6) is 11.5 Å². The number of benzene rings is 2. The summed E-state index contributed by atoms with van der Waals surface area (Å²) in [5.41, 5.74) is 8.71. The lowest BCUT2D eigenvalue weighted by molar-refractivity contribution is -0.139. The summed E-state index contributed by atoms with van der Waals surface area (Å²) >= 11 is 1.18. The summed E-state index contributed by atoms with van der Waals surface area (Å²) in [4.78, 5) is 20.3. The van der Waals surface area contributed by atoms with Crippen molar-refractivity contribution in [3.8, 4) is 17.6 Å². The quantitative estimate of drug-likeness (QED) is 0.536. The van der Waals surface area contributed by atoms with Crippen LogP contribution >= 0.6 is 11.8 Å². The van der Waals surface area contributed by atoms with Gasteiger partial charge in [0.05, 0.1) is 37.1 Å². The van der Waals surface area contributed by atoms with E-state index < -0.39 is 12.0 Å². The number of carbonyl (C=O) groups excluding carboxylic acids is 1. The Morgan fingerprint density at radius 1 is 1.09 bits per heavy atom. The summed E-state index contributed by atoms with van der Waals surface area (Å²) < 4.78 is 17.1. The fourth-order valence-electron chi connectivity index (χ4n) is 4.01. The molecule has 0 bridgehead atoms. The summed E-state index contributed by atoms with van der Waals surface area (Å²) in [5.74, 6) is 0.885. The van der Waals surface area contributed by atoms with Crippen molar-refractivity contribution < 1.29 is 19.0 Å². The van der Waals surface area contributed by atoms with Crippen molar-refractivity contribution in [3.05, 3.63) is 76.0 Å². The average Bonchev–Trinajstić information content (AvgIpc) is 3.20. The van der Waals surface area contributed by atoms with E-state index in [2.05, 4.69) is 6.07 Å². The smallest absolute Gasteiger partial charge is 0.338 e. The van der Waals surface area contributed by atoms with Crippen LogP contribution in [0, 0.1) is 11.3 Å². The van der Waals surface area contributed by atoms with E-state index in [1.807, 2.05) is 62.4 Å². The van der Waals surface area contributed by atoms with Gasteiger partial charge in [0.2, 0.25) is 0 Å². The molecular weight excluding hydrogens is 464 g/mol. The first-order valence-corrected chi connectivity index (χ1v) is 12.2. The van der Waals surface area contributed by atoms with Gasteiger partial charge in [-0.05, 0) is 50.2 Å². The Morgan fingerprint density at radius 3 is 2.46 bits per heavy atom. The lowest BCUT2D eigenvalue weighted by Gasteiger charge is -2.35. The minimum absolute atomic E-state index is 0.199. The molecule has 2 aliphatic rings. The van der Waals surface area contributed by atoms with Gasteiger partial charge in [0.15, 0.2) is 16.7 Å². The fourth-order valence-corrected chi connectivity index (χ4v) is 4.88. The highest BCUT2D eigenvalue weighted by atomic mass is 32.2. The molecule has 2 aromatic rings. The van der Waals surface area contributed by atoms with Gasteiger partial charge in [-0.2, -0.15) is 5.26 Å². The number of hydrogen-bond acceptors (Lipinski definition) is 9. The number of allylic oxidation sites excluding steroid dienone is 1. The SMILES string of the molecule is CCOC(=O)C1=C(c2ccccc2)N=C2SC(C#N)=C(N)N2[C@H]1c1ccc(OCC)c(OCC)c1. The van der Waals surface area contributed by atoms with Crippen LogP contribution in [-0.4, -0.2) is 35.9 Å². The molecular formula is C26H26N4O4S. The standard InChI is InChI=1S/C26H26N4O4S/c1-4-32-18-13-12-17(14-19(18)33-5-2)23-21(25(31)34-6-3)22(16-10-8-7-9-11-16)29-26-30(23)24(28)20(15-27)35-26/h7-14,23H,4-6,28H2,1-3H3/t23-/m0/s1. The maximum absolute atomic E-state index is 13.4. The van der Waals surface area contributed by atoms with Gasteiger partial charge in [-0.1, -0.05) is 36.4 Å². The van der Waals surface area contributed by atoms with Crippen LogP contribution in [0.25, 0.3) is 5.70 Å². The normalized spacial score (nSPS) is 17.0. The Morgan fingerprint density at radius 2 is 1.80 bits per heavy atom. The number of nitrogens with two attached hydrogens (primary N) is 1. The number of ether oxygens (including phenoxy) is 3. The van der Waals surface area contributed by atoms with Gasteiger partial charge in [0, 0.05) is 5.56 Å². The van der Waals surface area contributed by atoms with Crippen molar-refractivity contribution in [1.29, 1.82) is 5.26 Å². The predicted octanol–water partition coefficient (Wildman–Crippen LogP) is 4.57. The number of amidine groups is 1. The minimum atomic E-state index is -0.690. The molecule has 0 saturated heterocycles. The van der Waals surface area contributed by atoms with Crippen LogP contribution in [0.15, 0.2) is 69.8 Å². The molecule has 2 N–H and O–H groups in total. The first kappa shape index (κ1) is 24.2. The number of hydrogen-bond donors (Lipinski definition) is 1. The van der Waals surface area contributed by atoms with Crippen molar-refractivity contribution in [1.82, 2.24) is 4.90 Å². The van der Waals surface area contributed by atoms with Crippen molar-refractivity contribution in [2.45, 2.75) is 26.8 Å². The zero-order chi connectivity index (χ0) is 24.9. The Labute approximate surface area is 208 Å². The van der Waals surface area contributed by atoms with E-state index in [0.717, 1.165) is 11.1 Å². The molecule has 0 amide bonds. The summed E-state index contributed by atoms with van der Waals surface area (Å²) in [6.45, 7) is 6.67. The number of carbonyl (C=O) groups is 1. The van der Waals surface area contributed by atoms with Crippen LogP contribution in [0.2, 0.25) is 0 Å². The van der Waals surface area contributed by atoms with E-state index >= 15 is 0 Å². The van der Waals surface area contributed by atoms with Crippen LogP contribution in [0.1, 0.15) is 37.9 Å². The highest BCUT2D eigenvalue weighted by Crippen LogP contribution is 2.48. The monoisotopic (exact) mass is 490 g/mol. The second-order valence-corrected chi connectivity index (χ2v) is 8.49. The van der Waals surface area contributed by atoms with Crippen LogP contribution < -0.4 is 15.2 Å². The van der Waals surface area contributed by atoms with Gasteiger partial charge < -0.3 is 19.9 Å². The van der Waals surface area contributed by atoms with E-state index in [4.69, 9.17) is 24.9 Å². The number of nitrogens with zero attached hydrogens (tertiary/aromatic N) is 3. The average molecular weight is 491 g/mol. The number of esters is 1. The van der Waals surface area contributed by atoms with E-state index in [-0.39, 0.29) is 12.4 Å². The fraction of sp³-hybridized carbons (Fsp3) is 0.269. The molecule has 9 heteroatoms. The number of fused-ring (bicyclic) bond motifs is 1. The summed E-state index contributed by atoms with van der Waals surface area (Å²) in [6, 6.07) is 16.4. The molecule has 0 radical (unpaired) electrons. The molecule has 8 nitrogen and oxygen atoms in total. The van der Waals surface area contributed by atoms with E-state index in [1.54, 1.807) is 11.8 Å². The largest absolute Gasteiger partial charge is 0.490 e. The van der Waals surface area contributed by atoms with Crippen LogP contribution in [0.3, 0.4) is 0 Å². The summed E-state index contributed by atoms with van der Waals surface area (Å²) in [6.07, 6.45) is 0. The molecule has 0 saturated carbocycles. The molecule has 0 aliphatic carbocycles. The molecule has 0 fully saturated rings. The molecule has 2 aromatic carbocycles. The van der Waals surface area contributed by atoms with Crippen molar-refractivity contribution >= 4 is 28.6 Å². The molecule has 0 spiro atoms. The number of rotatable bonds is 8.